The summed E-state index contributed by atoms with van der Waals surface area (Å²) in [5.74, 6) is 0.500. The largest absolute Gasteiger partial charge is 0.471 e. The Bertz CT molecular complexity index is 801. The maximum absolute atomic E-state index is 6.12. The molecule has 0 amide bonds. The monoisotopic (exact) mass is 403 g/mol. The molecule has 0 N–H and O–H groups in total. The van der Waals surface area contributed by atoms with Crippen molar-refractivity contribution in [1.29, 1.82) is 0 Å². The number of hydrogen-bond donors (Lipinski definition) is 0. The van der Waals surface area contributed by atoms with Crippen molar-refractivity contribution < 1.29 is 14.2 Å². The molecule has 1 saturated heterocycles. The third kappa shape index (κ3) is 6.68. The van der Waals surface area contributed by atoms with Crippen LogP contribution in [0.2, 0.25) is 0 Å². The quantitative estimate of drug-likeness (QED) is 0.734. The van der Waals surface area contributed by atoms with E-state index in [0.717, 1.165) is 50.5 Å². The second-order valence-corrected chi connectivity index (χ2v) is 9.25. The first-order chi connectivity index (χ1) is 13.6. The van der Waals surface area contributed by atoms with Crippen LogP contribution in [0.1, 0.15) is 41.5 Å². The molecule has 29 heavy (non-hydrogen) atoms. The Labute approximate surface area is 173 Å². The summed E-state index contributed by atoms with van der Waals surface area (Å²) in [5, 5.41) is 4.51. The number of ether oxygens (including phenoxy) is 3. The van der Waals surface area contributed by atoms with Crippen LogP contribution in [0.5, 0.6) is 11.9 Å². The van der Waals surface area contributed by atoms with Crippen LogP contribution in [0.25, 0.3) is 11.1 Å². The minimum Gasteiger partial charge on any atom is -0.471 e. The van der Waals surface area contributed by atoms with Gasteiger partial charge in [0.25, 0.3) is 0 Å². The fourth-order valence-corrected chi connectivity index (χ4v) is 2.93. The van der Waals surface area contributed by atoms with Crippen molar-refractivity contribution in [3.05, 3.63) is 18.6 Å². The molecule has 0 spiro atoms. The highest BCUT2D eigenvalue weighted by atomic mass is 16.5. The summed E-state index contributed by atoms with van der Waals surface area (Å²) >= 11 is 0. The smallest absolute Gasteiger partial charge is 0.320 e. The first-order valence-corrected chi connectivity index (χ1v) is 10.2. The maximum atomic E-state index is 6.12. The summed E-state index contributed by atoms with van der Waals surface area (Å²) < 4.78 is 19.3. The molecular weight excluding hydrogens is 370 g/mol. The van der Waals surface area contributed by atoms with Gasteiger partial charge in [0.1, 0.15) is 11.2 Å². The van der Waals surface area contributed by atoms with E-state index < -0.39 is 5.60 Å². The Balaban J connectivity index is 1.78. The van der Waals surface area contributed by atoms with Crippen LogP contribution >= 0.6 is 0 Å². The van der Waals surface area contributed by atoms with Gasteiger partial charge in [-0.15, -0.1) is 0 Å². The Hall–Kier alpha value is -2.19. The van der Waals surface area contributed by atoms with Gasteiger partial charge in [0.05, 0.1) is 31.5 Å². The van der Waals surface area contributed by atoms with Gasteiger partial charge in [-0.05, 0) is 41.5 Å². The molecule has 8 heteroatoms. The van der Waals surface area contributed by atoms with E-state index in [1.807, 2.05) is 58.6 Å². The van der Waals surface area contributed by atoms with Crippen molar-refractivity contribution >= 4 is 0 Å². The molecule has 3 heterocycles. The molecule has 2 aromatic heterocycles. The number of rotatable bonds is 6. The van der Waals surface area contributed by atoms with E-state index in [1.54, 1.807) is 6.20 Å². The number of morpholine rings is 1. The summed E-state index contributed by atoms with van der Waals surface area (Å²) in [4.78, 5) is 11.3. The van der Waals surface area contributed by atoms with Crippen LogP contribution in [0.15, 0.2) is 18.6 Å². The Morgan fingerprint density at radius 2 is 1.66 bits per heavy atom. The number of aromatic nitrogens is 4. The van der Waals surface area contributed by atoms with Gasteiger partial charge in [-0.3, -0.25) is 9.58 Å². The normalized spacial score (nSPS) is 16.1. The molecule has 8 nitrogen and oxygen atoms in total. The molecule has 1 aliphatic heterocycles. The zero-order chi connectivity index (χ0) is 21.1. The first kappa shape index (κ1) is 21.5. The van der Waals surface area contributed by atoms with Gasteiger partial charge >= 0.3 is 6.01 Å². The first-order valence-electron chi connectivity index (χ1n) is 10.2. The van der Waals surface area contributed by atoms with Gasteiger partial charge in [0.15, 0.2) is 0 Å². The maximum Gasteiger partial charge on any atom is 0.320 e. The molecule has 0 saturated carbocycles. The van der Waals surface area contributed by atoms with Crippen molar-refractivity contribution in [2.24, 2.45) is 0 Å². The average molecular weight is 404 g/mol. The minimum atomic E-state index is -0.394. The highest BCUT2D eigenvalue weighted by Crippen LogP contribution is 2.31. The average Bonchev–Trinajstić information content (AvgIpc) is 3.07. The van der Waals surface area contributed by atoms with Gasteiger partial charge in [0, 0.05) is 37.6 Å². The van der Waals surface area contributed by atoms with Crippen molar-refractivity contribution in [1.82, 2.24) is 24.6 Å². The molecule has 0 radical (unpaired) electrons. The number of nitrogens with zero attached hydrogens (tertiary/aromatic N) is 5. The molecule has 1 aliphatic rings. The van der Waals surface area contributed by atoms with Crippen LogP contribution in [0.4, 0.5) is 0 Å². The lowest BCUT2D eigenvalue weighted by Crippen LogP contribution is -2.38. The minimum absolute atomic E-state index is 0.306. The standard InChI is InChI=1S/C21H33N5O3/c1-20(2,3)28-18-17(14-22-19(24-18)29-21(4,5)6)16-13-23-26(15-16)8-7-25-9-11-27-12-10-25/h13-15H,7-12H2,1-6H3. The Morgan fingerprint density at radius 1 is 0.966 bits per heavy atom. The van der Waals surface area contributed by atoms with E-state index in [0.29, 0.717) is 11.9 Å². The van der Waals surface area contributed by atoms with Crippen LogP contribution in [0.3, 0.4) is 0 Å². The van der Waals surface area contributed by atoms with Crippen LogP contribution in [0, 0.1) is 0 Å². The summed E-state index contributed by atoms with van der Waals surface area (Å²) in [6.45, 7) is 17.2. The predicted molar refractivity (Wildman–Crippen MR) is 111 cm³/mol. The second-order valence-electron chi connectivity index (χ2n) is 9.25. The van der Waals surface area contributed by atoms with E-state index in [2.05, 4.69) is 20.0 Å². The van der Waals surface area contributed by atoms with E-state index in [-0.39, 0.29) is 5.60 Å². The Kier molecular flexibility index (Phi) is 6.43. The van der Waals surface area contributed by atoms with Crippen molar-refractivity contribution in [3.8, 4) is 23.0 Å². The molecule has 0 aromatic carbocycles. The number of hydrogen-bond acceptors (Lipinski definition) is 7. The third-order valence-corrected chi connectivity index (χ3v) is 4.23. The molecule has 0 aliphatic carbocycles. The summed E-state index contributed by atoms with van der Waals surface area (Å²) in [5.41, 5.74) is 0.951. The van der Waals surface area contributed by atoms with Gasteiger partial charge in [-0.25, -0.2) is 4.98 Å². The highest BCUT2D eigenvalue weighted by molar-refractivity contribution is 5.66. The van der Waals surface area contributed by atoms with Crippen LogP contribution in [-0.2, 0) is 11.3 Å². The summed E-state index contributed by atoms with van der Waals surface area (Å²) in [6.07, 6.45) is 5.59. The predicted octanol–water partition coefficient (Wildman–Crippen LogP) is 3.03. The topological polar surface area (TPSA) is 74.5 Å². The highest BCUT2D eigenvalue weighted by Gasteiger charge is 2.22. The second kappa shape index (κ2) is 8.67. The van der Waals surface area contributed by atoms with Crippen LogP contribution < -0.4 is 9.47 Å². The molecule has 0 atom stereocenters. The van der Waals surface area contributed by atoms with E-state index in [1.165, 1.54) is 0 Å². The van der Waals surface area contributed by atoms with Gasteiger partial charge < -0.3 is 14.2 Å². The van der Waals surface area contributed by atoms with Crippen LogP contribution in [-0.4, -0.2) is 68.7 Å². The molecule has 0 unspecified atom stereocenters. The molecule has 2 aromatic rings. The third-order valence-electron chi connectivity index (χ3n) is 4.23. The zero-order valence-electron chi connectivity index (χ0n) is 18.4. The lowest BCUT2D eigenvalue weighted by molar-refractivity contribution is 0.0360. The fourth-order valence-electron chi connectivity index (χ4n) is 2.93. The van der Waals surface area contributed by atoms with Gasteiger partial charge in [-0.2, -0.15) is 10.1 Å². The van der Waals surface area contributed by atoms with E-state index >= 15 is 0 Å². The lowest BCUT2D eigenvalue weighted by atomic mass is 10.1. The zero-order valence-corrected chi connectivity index (χ0v) is 18.4. The van der Waals surface area contributed by atoms with Crippen molar-refractivity contribution in [3.63, 3.8) is 0 Å². The SMILES string of the molecule is CC(C)(C)Oc1ncc(-c2cnn(CCN3CCOCC3)c2)c(OC(C)(C)C)n1. The molecule has 0 bridgehead atoms. The molecular formula is C21H33N5O3. The van der Waals surface area contributed by atoms with Crippen molar-refractivity contribution in [2.75, 3.05) is 32.8 Å². The molecule has 3 rings (SSSR count). The van der Waals surface area contributed by atoms with Crippen molar-refractivity contribution in [2.45, 2.75) is 59.3 Å². The molecule has 160 valence electrons. The lowest BCUT2D eigenvalue weighted by Gasteiger charge is -2.26. The summed E-state index contributed by atoms with van der Waals surface area (Å²) in [7, 11) is 0. The van der Waals surface area contributed by atoms with E-state index in [4.69, 9.17) is 14.2 Å². The molecule has 1 fully saturated rings. The summed E-state index contributed by atoms with van der Waals surface area (Å²) in [6, 6.07) is 0.306. The Morgan fingerprint density at radius 3 is 2.31 bits per heavy atom. The van der Waals surface area contributed by atoms with E-state index in [9.17, 15) is 0 Å². The van der Waals surface area contributed by atoms with Gasteiger partial charge in [0.2, 0.25) is 5.88 Å². The van der Waals surface area contributed by atoms with Gasteiger partial charge in [-0.1, -0.05) is 0 Å². The fraction of sp³-hybridized carbons (Fsp3) is 0.667.